The van der Waals surface area contributed by atoms with Gasteiger partial charge in [-0.2, -0.15) is 0 Å². The van der Waals surface area contributed by atoms with E-state index < -0.39 is 24.5 Å². The third kappa shape index (κ3) is 7.02. The molecule has 130 valence electrons. The molecule has 8 heteroatoms. The lowest BCUT2D eigenvalue weighted by Gasteiger charge is -2.12. The number of halogens is 2. The van der Waals surface area contributed by atoms with Gasteiger partial charge in [-0.3, -0.25) is 9.59 Å². The quantitative estimate of drug-likeness (QED) is 0.567. The molecule has 0 aromatic heterocycles. The van der Waals surface area contributed by atoms with E-state index in [2.05, 4.69) is 10.6 Å². The van der Waals surface area contributed by atoms with E-state index >= 15 is 0 Å². The van der Waals surface area contributed by atoms with Gasteiger partial charge in [0.25, 0.3) is 5.91 Å². The summed E-state index contributed by atoms with van der Waals surface area (Å²) >= 11 is 11.7. The lowest BCUT2D eigenvalue weighted by atomic mass is 10.2. The monoisotopic (exact) mass is 372 g/mol. The van der Waals surface area contributed by atoms with Gasteiger partial charge in [0.15, 0.2) is 6.61 Å². The second kappa shape index (κ2) is 9.95. The molecule has 0 unspecified atom stereocenters. The van der Waals surface area contributed by atoms with Gasteiger partial charge in [0.1, 0.15) is 6.04 Å². The van der Waals surface area contributed by atoms with Gasteiger partial charge in [0.05, 0.1) is 0 Å². The van der Waals surface area contributed by atoms with Crippen LogP contribution in [0.15, 0.2) is 24.3 Å². The zero-order valence-corrected chi connectivity index (χ0v) is 14.8. The molecule has 1 atom stereocenters. The summed E-state index contributed by atoms with van der Waals surface area (Å²) in [6.45, 7) is 3.29. The van der Waals surface area contributed by atoms with Gasteiger partial charge in [0, 0.05) is 22.7 Å². The molecule has 0 heterocycles. The van der Waals surface area contributed by atoms with E-state index in [1.807, 2.05) is 0 Å². The summed E-state index contributed by atoms with van der Waals surface area (Å²) in [5.74, 6) is -1.59. The molecule has 1 aromatic rings. The Morgan fingerprint density at radius 3 is 2.62 bits per heavy atom. The van der Waals surface area contributed by atoms with Crippen molar-refractivity contribution in [2.75, 3.05) is 13.2 Å². The Balaban J connectivity index is 2.44. The van der Waals surface area contributed by atoms with Crippen molar-refractivity contribution in [1.29, 1.82) is 0 Å². The average Bonchev–Trinajstić information content (AvgIpc) is 2.52. The molecule has 0 aliphatic heterocycles. The predicted octanol–water partition coefficient (Wildman–Crippen LogP) is 2.19. The third-order valence-corrected chi connectivity index (χ3v) is 3.39. The minimum Gasteiger partial charge on any atom is -0.452 e. The van der Waals surface area contributed by atoms with Gasteiger partial charge in [-0.15, -0.1) is 0 Å². The van der Waals surface area contributed by atoms with Crippen molar-refractivity contribution in [2.24, 2.45) is 0 Å². The summed E-state index contributed by atoms with van der Waals surface area (Å²) in [6.07, 6.45) is 2.60. The summed E-state index contributed by atoms with van der Waals surface area (Å²) in [7, 11) is 0. The molecule has 0 saturated heterocycles. The Kier molecular flexibility index (Phi) is 8.29. The van der Waals surface area contributed by atoms with Gasteiger partial charge < -0.3 is 15.4 Å². The number of benzene rings is 1. The van der Waals surface area contributed by atoms with Crippen LogP contribution in [0.5, 0.6) is 0 Å². The molecular formula is C16H18Cl2N2O4. The van der Waals surface area contributed by atoms with Crippen molar-refractivity contribution < 1.29 is 19.1 Å². The van der Waals surface area contributed by atoms with Crippen LogP contribution < -0.4 is 10.6 Å². The van der Waals surface area contributed by atoms with Gasteiger partial charge in [0.2, 0.25) is 5.91 Å². The molecule has 2 amide bonds. The summed E-state index contributed by atoms with van der Waals surface area (Å²) in [6, 6.07) is 4.12. The molecule has 1 rings (SSSR count). The van der Waals surface area contributed by atoms with Crippen molar-refractivity contribution in [3.63, 3.8) is 0 Å². The topological polar surface area (TPSA) is 84.5 Å². The zero-order chi connectivity index (χ0) is 18.1. The van der Waals surface area contributed by atoms with Gasteiger partial charge in [-0.25, -0.2) is 4.79 Å². The van der Waals surface area contributed by atoms with Crippen LogP contribution in [0.1, 0.15) is 19.4 Å². The van der Waals surface area contributed by atoms with Crippen LogP contribution in [0.25, 0.3) is 6.08 Å². The van der Waals surface area contributed by atoms with E-state index in [1.165, 1.54) is 13.0 Å². The highest BCUT2D eigenvalue weighted by Gasteiger charge is 2.15. The lowest BCUT2D eigenvalue weighted by molar-refractivity contribution is -0.144. The van der Waals surface area contributed by atoms with Crippen molar-refractivity contribution >= 4 is 47.1 Å². The number of nitrogens with one attached hydrogen (secondary N) is 2. The van der Waals surface area contributed by atoms with Crippen molar-refractivity contribution in [2.45, 2.75) is 19.9 Å². The van der Waals surface area contributed by atoms with E-state index in [0.29, 0.717) is 22.2 Å². The van der Waals surface area contributed by atoms with Gasteiger partial charge in [-0.1, -0.05) is 29.3 Å². The number of hydrogen-bond donors (Lipinski definition) is 2. The molecular weight excluding hydrogens is 355 g/mol. The molecule has 0 radical (unpaired) electrons. The zero-order valence-electron chi connectivity index (χ0n) is 13.3. The lowest BCUT2D eigenvalue weighted by Crippen LogP contribution is -2.46. The molecule has 0 aliphatic carbocycles. The first-order chi connectivity index (χ1) is 11.3. The van der Waals surface area contributed by atoms with Crippen LogP contribution >= 0.6 is 23.2 Å². The maximum absolute atomic E-state index is 11.6. The fraction of sp³-hybridized carbons (Fsp3) is 0.312. The number of rotatable bonds is 7. The Morgan fingerprint density at radius 2 is 2.00 bits per heavy atom. The summed E-state index contributed by atoms with van der Waals surface area (Å²) in [5.41, 5.74) is 0.590. The molecule has 0 aliphatic rings. The van der Waals surface area contributed by atoms with Crippen LogP contribution in [0.4, 0.5) is 0 Å². The van der Waals surface area contributed by atoms with Crippen LogP contribution in [0, 0.1) is 0 Å². The highest BCUT2D eigenvalue weighted by Crippen LogP contribution is 2.21. The smallest absolute Gasteiger partial charge is 0.331 e. The molecule has 1 aromatic carbocycles. The second-order valence-corrected chi connectivity index (χ2v) is 5.63. The molecule has 0 fully saturated rings. The largest absolute Gasteiger partial charge is 0.452 e. The summed E-state index contributed by atoms with van der Waals surface area (Å²) in [5, 5.41) is 5.86. The van der Waals surface area contributed by atoms with Crippen LogP contribution in [0.3, 0.4) is 0 Å². The van der Waals surface area contributed by atoms with Crippen molar-refractivity contribution in [3.8, 4) is 0 Å². The molecule has 2 N–H and O–H groups in total. The molecule has 6 nitrogen and oxygen atoms in total. The summed E-state index contributed by atoms with van der Waals surface area (Å²) in [4.78, 5) is 34.7. The SMILES string of the molecule is CCNC(=O)[C@@H](C)NC(=O)COC(=O)/C=C/c1ccc(Cl)cc1Cl. The molecule has 0 bridgehead atoms. The van der Waals surface area contributed by atoms with Gasteiger partial charge >= 0.3 is 5.97 Å². The predicted molar refractivity (Wildman–Crippen MR) is 92.7 cm³/mol. The van der Waals surface area contributed by atoms with Crippen molar-refractivity contribution in [1.82, 2.24) is 10.6 Å². The first-order valence-corrected chi connectivity index (χ1v) is 7.96. The molecule has 0 saturated carbocycles. The summed E-state index contributed by atoms with van der Waals surface area (Å²) < 4.78 is 4.79. The normalized spacial score (nSPS) is 11.8. The average molecular weight is 373 g/mol. The fourth-order valence-corrected chi connectivity index (χ4v) is 2.13. The van der Waals surface area contributed by atoms with Crippen molar-refractivity contribution in [3.05, 3.63) is 39.9 Å². The van der Waals surface area contributed by atoms with Gasteiger partial charge in [-0.05, 0) is 37.6 Å². The van der Waals surface area contributed by atoms with Crippen LogP contribution in [-0.4, -0.2) is 37.0 Å². The fourth-order valence-electron chi connectivity index (χ4n) is 1.66. The highest BCUT2D eigenvalue weighted by atomic mass is 35.5. The number of carbonyl (C=O) groups excluding carboxylic acids is 3. The number of carbonyl (C=O) groups is 3. The number of amides is 2. The van der Waals surface area contributed by atoms with E-state index in [9.17, 15) is 14.4 Å². The van der Waals surface area contributed by atoms with Crippen LogP contribution in [0.2, 0.25) is 10.0 Å². The first-order valence-electron chi connectivity index (χ1n) is 7.20. The molecule has 24 heavy (non-hydrogen) atoms. The molecule has 0 spiro atoms. The highest BCUT2D eigenvalue weighted by molar-refractivity contribution is 6.35. The number of ether oxygens (including phenoxy) is 1. The minimum atomic E-state index is -0.709. The maximum Gasteiger partial charge on any atom is 0.331 e. The van der Waals surface area contributed by atoms with E-state index in [-0.39, 0.29) is 5.91 Å². The Bertz CT molecular complexity index is 647. The number of esters is 1. The van der Waals surface area contributed by atoms with E-state index in [4.69, 9.17) is 27.9 Å². The number of hydrogen-bond acceptors (Lipinski definition) is 4. The second-order valence-electron chi connectivity index (χ2n) is 4.79. The van der Waals surface area contributed by atoms with E-state index in [1.54, 1.807) is 25.1 Å². The third-order valence-electron chi connectivity index (χ3n) is 2.83. The van der Waals surface area contributed by atoms with Crippen LogP contribution in [-0.2, 0) is 19.1 Å². The Morgan fingerprint density at radius 1 is 1.29 bits per heavy atom. The number of likely N-dealkylation sites (N-methyl/N-ethyl adjacent to an activating group) is 1. The maximum atomic E-state index is 11.6. The minimum absolute atomic E-state index is 0.311. The van der Waals surface area contributed by atoms with E-state index in [0.717, 1.165) is 6.08 Å². The Labute approximate surface area is 150 Å². The first kappa shape index (κ1) is 20.0. The Hall–Kier alpha value is -2.05. The standard InChI is InChI=1S/C16H18Cl2N2O4/c1-3-19-16(23)10(2)20-14(21)9-24-15(22)7-5-11-4-6-12(17)8-13(11)18/h4-8,10H,3,9H2,1-2H3,(H,19,23)(H,20,21)/b7-5+/t10-/m1/s1.